The Morgan fingerprint density at radius 1 is 1.08 bits per heavy atom. The molecule has 180 valence electrons. The molecule has 0 radical (unpaired) electrons. The summed E-state index contributed by atoms with van der Waals surface area (Å²) >= 11 is 1.87. The summed E-state index contributed by atoms with van der Waals surface area (Å²) in [6.07, 6.45) is 8.90. The number of Topliss-reactive ketones (excluding diaryl/α,β-unsaturated/α-hetero) is 1. The van der Waals surface area contributed by atoms with E-state index in [9.17, 15) is 9.18 Å². The van der Waals surface area contributed by atoms with E-state index >= 15 is 0 Å². The van der Waals surface area contributed by atoms with Crippen LogP contribution in [0.4, 0.5) is 4.39 Å². The number of carbonyl (C=O) groups is 1. The number of nitrogens with zero attached hydrogens (tertiary/aromatic N) is 3. The standard InChI is InChI=1S/C30H26FN3OS/c1-20-5-12-25(13-6-20)36-26-14-7-22-16-28-21(19-33-34(28)24-10-8-23(31)9-11-24)17-30(22,18-26)29(35)27-4-2-3-15-32-27/h2-6,8-13,15-16,19,26H,7,14,17-18H2,1H3/t26-,30-/m0/s1. The summed E-state index contributed by atoms with van der Waals surface area (Å²) < 4.78 is 15.4. The van der Waals surface area contributed by atoms with Gasteiger partial charge in [0.15, 0.2) is 5.78 Å². The smallest absolute Gasteiger partial charge is 0.191 e. The molecule has 6 rings (SSSR count). The maximum Gasteiger partial charge on any atom is 0.191 e. The number of benzene rings is 2. The molecular weight excluding hydrogens is 469 g/mol. The summed E-state index contributed by atoms with van der Waals surface area (Å²) in [5, 5.41) is 4.96. The molecule has 0 unspecified atom stereocenters. The Hall–Kier alpha value is -3.51. The van der Waals surface area contributed by atoms with Gasteiger partial charge < -0.3 is 0 Å². The van der Waals surface area contributed by atoms with Crippen molar-refractivity contribution >= 4 is 23.6 Å². The molecule has 0 saturated heterocycles. The molecule has 4 aromatic rings. The minimum atomic E-state index is -0.640. The number of allylic oxidation sites excluding steroid dienone is 1. The van der Waals surface area contributed by atoms with E-state index in [1.165, 1.54) is 22.6 Å². The highest BCUT2D eigenvalue weighted by atomic mass is 32.2. The van der Waals surface area contributed by atoms with Gasteiger partial charge in [-0.1, -0.05) is 29.3 Å². The second-order valence-electron chi connectivity index (χ2n) is 9.71. The summed E-state index contributed by atoms with van der Waals surface area (Å²) in [5.41, 5.74) is 5.08. The average Bonchev–Trinajstić information content (AvgIpc) is 3.31. The fourth-order valence-corrected chi connectivity index (χ4v) is 6.79. The van der Waals surface area contributed by atoms with Crippen LogP contribution in [0.3, 0.4) is 0 Å². The van der Waals surface area contributed by atoms with Crippen molar-refractivity contribution in [1.82, 2.24) is 14.8 Å². The van der Waals surface area contributed by atoms with Gasteiger partial charge in [0.05, 0.1) is 23.0 Å². The normalized spacial score (nSPS) is 20.8. The van der Waals surface area contributed by atoms with Gasteiger partial charge in [-0.05, 0) is 92.8 Å². The van der Waals surface area contributed by atoms with Crippen LogP contribution >= 0.6 is 11.8 Å². The van der Waals surface area contributed by atoms with Crippen LogP contribution in [0.1, 0.15) is 46.6 Å². The van der Waals surface area contributed by atoms with Crippen LogP contribution in [0.15, 0.2) is 89.6 Å². The highest BCUT2D eigenvalue weighted by Gasteiger charge is 2.49. The monoisotopic (exact) mass is 495 g/mol. The average molecular weight is 496 g/mol. The molecule has 0 aliphatic heterocycles. The maximum absolute atomic E-state index is 14.1. The predicted molar refractivity (Wildman–Crippen MR) is 141 cm³/mol. The van der Waals surface area contributed by atoms with Crippen LogP contribution in [0, 0.1) is 18.2 Å². The third-order valence-corrected chi connectivity index (χ3v) is 8.62. The molecule has 2 aromatic heterocycles. The molecule has 2 aliphatic carbocycles. The van der Waals surface area contributed by atoms with E-state index in [0.717, 1.165) is 41.8 Å². The van der Waals surface area contributed by atoms with Crippen molar-refractivity contribution < 1.29 is 9.18 Å². The fraction of sp³-hybridized carbons (Fsp3) is 0.233. The number of thioether (sulfide) groups is 1. The highest BCUT2D eigenvalue weighted by molar-refractivity contribution is 8.00. The van der Waals surface area contributed by atoms with Crippen LogP contribution < -0.4 is 0 Å². The van der Waals surface area contributed by atoms with Crippen LogP contribution in [-0.4, -0.2) is 25.8 Å². The lowest BCUT2D eigenvalue weighted by molar-refractivity contribution is 0.0798. The number of carbonyl (C=O) groups excluding carboxylic acids is 1. The summed E-state index contributed by atoms with van der Waals surface area (Å²) in [4.78, 5) is 19.8. The molecular formula is C30H26FN3OS. The number of fused-ring (bicyclic) bond motifs is 2. The largest absolute Gasteiger partial charge is 0.291 e. The summed E-state index contributed by atoms with van der Waals surface area (Å²) in [5.74, 6) is -0.189. The molecule has 1 fully saturated rings. The Labute approximate surface area is 214 Å². The minimum absolute atomic E-state index is 0.0868. The molecule has 2 aliphatic rings. The number of ketones is 1. The highest BCUT2D eigenvalue weighted by Crippen LogP contribution is 2.52. The maximum atomic E-state index is 14.1. The zero-order valence-corrected chi connectivity index (χ0v) is 20.8. The lowest BCUT2D eigenvalue weighted by atomic mass is 9.61. The number of aryl methyl sites for hydroxylation is 1. The number of hydrogen-bond acceptors (Lipinski definition) is 4. The van der Waals surface area contributed by atoms with Gasteiger partial charge in [0.25, 0.3) is 0 Å². The summed E-state index contributed by atoms with van der Waals surface area (Å²) in [7, 11) is 0. The number of hydrogen-bond donors (Lipinski definition) is 0. The van der Waals surface area contributed by atoms with E-state index in [4.69, 9.17) is 0 Å². The second-order valence-corrected chi connectivity index (χ2v) is 11.1. The molecule has 4 nitrogen and oxygen atoms in total. The molecule has 0 bridgehead atoms. The first-order valence-corrected chi connectivity index (χ1v) is 13.1. The second kappa shape index (κ2) is 9.17. The predicted octanol–water partition coefficient (Wildman–Crippen LogP) is 6.87. The summed E-state index contributed by atoms with van der Waals surface area (Å²) in [6.45, 7) is 2.10. The van der Waals surface area contributed by atoms with Crippen LogP contribution in [0.2, 0.25) is 0 Å². The van der Waals surface area contributed by atoms with Crippen molar-refractivity contribution in [2.45, 2.75) is 42.8 Å². The zero-order chi connectivity index (χ0) is 24.7. The Balaban J connectivity index is 1.39. The van der Waals surface area contributed by atoms with Crippen molar-refractivity contribution in [3.63, 3.8) is 0 Å². The molecule has 36 heavy (non-hydrogen) atoms. The molecule has 2 heterocycles. The van der Waals surface area contributed by atoms with Crippen LogP contribution in [-0.2, 0) is 6.42 Å². The molecule has 0 N–H and O–H groups in total. The van der Waals surface area contributed by atoms with E-state index in [1.807, 2.05) is 40.8 Å². The third-order valence-electron chi connectivity index (χ3n) is 7.34. The van der Waals surface area contributed by atoms with Gasteiger partial charge in [-0.3, -0.25) is 9.78 Å². The van der Waals surface area contributed by atoms with E-state index < -0.39 is 5.41 Å². The topological polar surface area (TPSA) is 47.8 Å². The molecule has 1 saturated carbocycles. The minimum Gasteiger partial charge on any atom is -0.291 e. The Kier molecular flexibility index (Phi) is 5.84. The molecule has 0 spiro atoms. The van der Waals surface area contributed by atoms with E-state index in [-0.39, 0.29) is 11.6 Å². The molecule has 2 atom stereocenters. The number of aromatic nitrogens is 3. The van der Waals surface area contributed by atoms with Gasteiger partial charge >= 0.3 is 0 Å². The number of halogens is 1. The quantitative estimate of drug-likeness (QED) is 0.284. The first kappa shape index (κ1) is 22.9. The number of pyridine rings is 1. The van der Waals surface area contributed by atoms with Gasteiger partial charge in [0.1, 0.15) is 11.5 Å². The van der Waals surface area contributed by atoms with Crippen molar-refractivity contribution in [3.05, 3.63) is 113 Å². The Morgan fingerprint density at radius 2 is 1.89 bits per heavy atom. The lowest BCUT2D eigenvalue weighted by Crippen LogP contribution is -2.43. The van der Waals surface area contributed by atoms with E-state index in [2.05, 4.69) is 47.3 Å². The lowest BCUT2D eigenvalue weighted by Gasteiger charge is -2.43. The first-order valence-electron chi connectivity index (χ1n) is 12.2. The molecule has 2 aromatic carbocycles. The molecule has 0 amide bonds. The van der Waals surface area contributed by atoms with Crippen molar-refractivity contribution in [2.75, 3.05) is 0 Å². The van der Waals surface area contributed by atoms with E-state index in [1.54, 1.807) is 18.3 Å². The van der Waals surface area contributed by atoms with E-state index in [0.29, 0.717) is 17.4 Å². The number of rotatable bonds is 5. The van der Waals surface area contributed by atoms with Crippen molar-refractivity contribution in [2.24, 2.45) is 5.41 Å². The van der Waals surface area contributed by atoms with Crippen LogP contribution in [0.25, 0.3) is 11.8 Å². The van der Waals surface area contributed by atoms with Gasteiger partial charge in [0, 0.05) is 16.3 Å². The Bertz CT molecular complexity index is 1440. The Morgan fingerprint density at radius 3 is 2.64 bits per heavy atom. The van der Waals surface area contributed by atoms with Gasteiger partial charge in [0.2, 0.25) is 0 Å². The fourth-order valence-electron chi connectivity index (χ4n) is 5.50. The van der Waals surface area contributed by atoms with Crippen molar-refractivity contribution in [3.8, 4) is 5.69 Å². The zero-order valence-electron chi connectivity index (χ0n) is 20.0. The van der Waals surface area contributed by atoms with Gasteiger partial charge in [-0.2, -0.15) is 5.10 Å². The first-order chi connectivity index (χ1) is 17.5. The van der Waals surface area contributed by atoms with Crippen molar-refractivity contribution in [1.29, 1.82) is 0 Å². The molecule has 6 heteroatoms. The van der Waals surface area contributed by atoms with Gasteiger partial charge in [-0.25, -0.2) is 9.07 Å². The SMILES string of the molecule is Cc1ccc(S[C@H]2CCC3=Cc4c(cnn4-c4ccc(F)cc4)C[C@]3(C(=O)c3ccccn3)C2)cc1. The third kappa shape index (κ3) is 4.09. The summed E-state index contributed by atoms with van der Waals surface area (Å²) in [6, 6.07) is 20.5. The van der Waals surface area contributed by atoms with Gasteiger partial charge in [-0.15, -0.1) is 11.8 Å². The van der Waals surface area contributed by atoms with Crippen LogP contribution in [0.5, 0.6) is 0 Å².